The summed E-state index contributed by atoms with van der Waals surface area (Å²) in [5, 5.41) is 0. The van der Waals surface area contributed by atoms with Crippen LogP contribution in [0.2, 0.25) is 0 Å². The molecule has 3 aromatic carbocycles. The van der Waals surface area contributed by atoms with E-state index in [1.807, 2.05) is 55.5 Å². The average molecular weight is 431 g/mol. The maximum absolute atomic E-state index is 14.4. The van der Waals surface area contributed by atoms with E-state index in [1.54, 1.807) is 6.07 Å². The molecule has 0 aliphatic heterocycles. The van der Waals surface area contributed by atoms with Gasteiger partial charge in [-0.05, 0) is 72.7 Å². The van der Waals surface area contributed by atoms with Crippen molar-refractivity contribution in [3.63, 3.8) is 0 Å². The van der Waals surface area contributed by atoms with Crippen molar-refractivity contribution in [1.29, 1.82) is 0 Å². The van der Waals surface area contributed by atoms with Gasteiger partial charge in [0, 0.05) is 0 Å². The molecule has 0 spiro atoms. The standard InChI is InChI=1S/C29H31FO2/c1-6-29(21(3)4,24-14-16-25(17-15-24)31-7-2)22(5)19-23-13-18-27(30)28(20-23)32-26-11-9-8-10-12-26/h1,8-18,20-22H,7,19H2,2-5H3. The summed E-state index contributed by atoms with van der Waals surface area (Å²) >= 11 is 0. The average Bonchev–Trinajstić information content (AvgIpc) is 2.79. The molecule has 32 heavy (non-hydrogen) atoms. The van der Waals surface area contributed by atoms with Crippen molar-refractivity contribution < 1.29 is 13.9 Å². The number of hydrogen-bond acceptors (Lipinski definition) is 2. The molecule has 0 N–H and O–H groups in total. The molecule has 0 aliphatic carbocycles. The van der Waals surface area contributed by atoms with Gasteiger partial charge in [-0.1, -0.05) is 63.1 Å². The Hall–Kier alpha value is -3.25. The zero-order chi connectivity index (χ0) is 23.1. The Morgan fingerprint density at radius 2 is 1.62 bits per heavy atom. The largest absolute Gasteiger partial charge is 0.494 e. The predicted octanol–water partition coefficient (Wildman–Crippen LogP) is 7.42. The summed E-state index contributed by atoms with van der Waals surface area (Å²) in [5.41, 5.74) is 1.60. The maximum Gasteiger partial charge on any atom is 0.165 e. The Morgan fingerprint density at radius 1 is 0.938 bits per heavy atom. The molecule has 3 aromatic rings. The van der Waals surface area contributed by atoms with Gasteiger partial charge in [0.25, 0.3) is 0 Å². The highest BCUT2D eigenvalue weighted by atomic mass is 19.1. The summed E-state index contributed by atoms with van der Waals surface area (Å²) in [5.74, 6) is 4.71. The molecular weight excluding hydrogens is 399 g/mol. The van der Waals surface area contributed by atoms with E-state index in [2.05, 4.69) is 38.8 Å². The summed E-state index contributed by atoms with van der Waals surface area (Å²) in [6.07, 6.45) is 6.88. The minimum Gasteiger partial charge on any atom is -0.494 e. The Labute approximate surface area is 191 Å². The first-order valence-corrected chi connectivity index (χ1v) is 11.1. The van der Waals surface area contributed by atoms with Crippen LogP contribution in [0.25, 0.3) is 0 Å². The van der Waals surface area contributed by atoms with Crippen molar-refractivity contribution >= 4 is 0 Å². The number of para-hydroxylation sites is 1. The number of ether oxygens (including phenoxy) is 2. The molecule has 0 aromatic heterocycles. The number of halogens is 1. The molecule has 2 nitrogen and oxygen atoms in total. The fourth-order valence-corrected chi connectivity index (χ4v) is 4.46. The van der Waals surface area contributed by atoms with Gasteiger partial charge < -0.3 is 9.47 Å². The quantitative estimate of drug-likeness (QED) is 0.329. The molecule has 0 bridgehead atoms. The van der Waals surface area contributed by atoms with Crippen molar-refractivity contribution in [2.75, 3.05) is 6.61 Å². The van der Waals surface area contributed by atoms with Crippen molar-refractivity contribution in [2.24, 2.45) is 11.8 Å². The first-order chi connectivity index (χ1) is 15.4. The van der Waals surface area contributed by atoms with Crippen LogP contribution in [0.3, 0.4) is 0 Å². The third kappa shape index (κ3) is 4.97. The fraction of sp³-hybridized carbons (Fsp3) is 0.310. The normalized spacial score (nSPS) is 13.8. The molecule has 3 rings (SSSR count). The smallest absolute Gasteiger partial charge is 0.165 e. The zero-order valence-electron chi connectivity index (χ0n) is 19.3. The first kappa shape index (κ1) is 23.4. The van der Waals surface area contributed by atoms with Crippen LogP contribution in [0.4, 0.5) is 4.39 Å². The monoisotopic (exact) mass is 430 g/mol. The Kier molecular flexibility index (Phi) is 7.59. The summed E-state index contributed by atoms with van der Waals surface area (Å²) in [6, 6.07) is 22.4. The SMILES string of the molecule is C#CC(c1ccc(OCC)cc1)(C(C)C)C(C)Cc1ccc(F)c(Oc2ccccc2)c1. The highest BCUT2D eigenvalue weighted by Crippen LogP contribution is 2.41. The molecule has 0 radical (unpaired) electrons. The zero-order valence-corrected chi connectivity index (χ0v) is 19.3. The summed E-state index contributed by atoms with van der Waals surface area (Å²) in [4.78, 5) is 0. The van der Waals surface area contributed by atoms with Crippen molar-refractivity contribution in [2.45, 2.75) is 39.5 Å². The van der Waals surface area contributed by atoms with E-state index in [9.17, 15) is 4.39 Å². The van der Waals surface area contributed by atoms with Crippen LogP contribution >= 0.6 is 0 Å². The van der Waals surface area contributed by atoms with E-state index in [4.69, 9.17) is 15.9 Å². The second-order valence-corrected chi connectivity index (χ2v) is 8.41. The van der Waals surface area contributed by atoms with Crippen LogP contribution in [-0.2, 0) is 11.8 Å². The van der Waals surface area contributed by atoms with E-state index in [0.717, 1.165) is 16.9 Å². The number of terminal acetylenes is 1. The third-order valence-electron chi connectivity index (χ3n) is 6.08. The van der Waals surface area contributed by atoms with Gasteiger partial charge in [0.2, 0.25) is 0 Å². The van der Waals surface area contributed by atoms with E-state index < -0.39 is 5.41 Å². The molecule has 0 saturated carbocycles. The van der Waals surface area contributed by atoms with Crippen LogP contribution in [0.5, 0.6) is 17.2 Å². The van der Waals surface area contributed by atoms with Gasteiger partial charge in [-0.3, -0.25) is 0 Å². The lowest BCUT2D eigenvalue weighted by Gasteiger charge is -2.39. The third-order valence-corrected chi connectivity index (χ3v) is 6.08. The minimum absolute atomic E-state index is 0.112. The molecule has 0 saturated heterocycles. The van der Waals surface area contributed by atoms with Crippen molar-refractivity contribution in [3.05, 3.63) is 89.7 Å². The lowest BCUT2D eigenvalue weighted by molar-refractivity contribution is 0.277. The molecule has 2 unspecified atom stereocenters. The molecule has 0 heterocycles. The van der Waals surface area contributed by atoms with Gasteiger partial charge in [0.15, 0.2) is 11.6 Å². The predicted molar refractivity (Wildman–Crippen MR) is 129 cm³/mol. The molecule has 0 amide bonds. The number of hydrogen-bond donors (Lipinski definition) is 0. The van der Waals surface area contributed by atoms with Gasteiger partial charge >= 0.3 is 0 Å². The molecular formula is C29H31FO2. The van der Waals surface area contributed by atoms with Crippen LogP contribution in [0.15, 0.2) is 72.8 Å². The van der Waals surface area contributed by atoms with E-state index >= 15 is 0 Å². The lowest BCUT2D eigenvalue weighted by Crippen LogP contribution is -2.38. The first-order valence-electron chi connectivity index (χ1n) is 11.1. The van der Waals surface area contributed by atoms with Crippen molar-refractivity contribution in [1.82, 2.24) is 0 Å². The second-order valence-electron chi connectivity index (χ2n) is 8.41. The molecule has 0 fully saturated rings. The summed E-state index contributed by atoms with van der Waals surface area (Å²) in [7, 11) is 0. The van der Waals surface area contributed by atoms with E-state index in [1.165, 1.54) is 6.07 Å². The Balaban J connectivity index is 1.89. The van der Waals surface area contributed by atoms with Crippen molar-refractivity contribution in [3.8, 4) is 29.6 Å². The molecule has 3 heteroatoms. The number of benzene rings is 3. The molecule has 0 aliphatic rings. The van der Waals surface area contributed by atoms with Crippen LogP contribution in [0, 0.1) is 30.0 Å². The van der Waals surface area contributed by atoms with Crippen LogP contribution < -0.4 is 9.47 Å². The minimum atomic E-state index is -0.473. The molecule has 166 valence electrons. The maximum atomic E-state index is 14.4. The second kappa shape index (κ2) is 10.4. The van der Waals surface area contributed by atoms with Crippen LogP contribution in [0.1, 0.15) is 38.8 Å². The fourth-order valence-electron chi connectivity index (χ4n) is 4.46. The Morgan fingerprint density at radius 3 is 2.22 bits per heavy atom. The van der Waals surface area contributed by atoms with Gasteiger partial charge in [0.05, 0.1) is 12.0 Å². The van der Waals surface area contributed by atoms with Gasteiger partial charge in [0.1, 0.15) is 11.5 Å². The van der Waals surface area contributed by atoms with Gasteiger partial charge in [-0.25, -0.2) is 4.39 Å². The van der Waals surface area contributed by atoms with Gasteiger partial charge in [-0.15, -0.1) is 6.42 Å². The highest BCUT2D eigenvalue weighted by molar-refractivity contribution is 5.41. The van der Waals surface area contributed by atoms with Gasteiger partial charge in [-0.2, -0.15) is 0 Å². The van der Waals surface area contributed by atoms with E-state index in [-0.39, 0.29) is 23.4 Å². The topological polar surface area (TPSA) is 18.5 Å². The summed E-state index contributed by atoms with van der Waals surface area (Å²) < 4.78 is 25.8. The summed E-state index contributed by atoms with van der Waals surface area (Å²) in [6.45, 7) is 9.06. The lowest BCUT2D eigenvalue weighted by atomic mass is 9.63. The van der Waals surface area contributed by atoms with Crippen LogP contribution in [-0.4, -0.2) is 6.61 Å². The number of rotatable bonds is 9. The highest BCUT2D eigenvalue weighted by Gasteiger charge is 2.39. The molecule has 2 atom stereocenters. The Bertz CT molecular complexity index is 1050. The van der Waals surface area contributed by atoms with E-state index in [0.29, 0.717) is 18.8 Å².